The van der Waals surface area contributed by atoms with Crippen molar-refractivity contribution in [2.45, 2.75) is 40.5 Å². The molecule has 0 aromatic carbocycles. The number of aliphatic carboxylic acids is 1. The van der Waals surface area contributed by atoms with E-state index in [9.17, 15) is 9.59 Å². The van der Waals surface area contributed by atoms with Gasteiger partial charge < -0.3 is 10.4 Å². The molecule has 0 bridgehead atoms. The van der Waals surface area contributed by atoms with Gasteiger partial charge in [-0.1, -0.05) is 13.8 Å². The number of carbonyl (C=O) groups excluding carboxylic acids is 1. The molecule has 2 N–H and O–H groups in total. The van der Waals surface area contributed by atoms with Crippen molar-refractivity contribution >= 4 is 11.9 Å². The lowest BCUT2D eigenvalue weighted by molar-refractivity contribution is -0.153. The van der Waals surface area contributed by atoms with Crippen molar-refractivity contribution in [2.24, 2.45) is 11.3 Å². The Hall–Kier alpha value is -1.06. The zero-order chi connectivity index (χ0) is 12.1. The van der Waals surface area contributed by atoms with Crippen molar-refractivity contribution in [2.75, 3.05) is 6.54 Å². The fourth-order valence-corrected chi connectivity index (χ4v) is 1.03. The van der Waals surface area contributed by atoms with Gasteiger partial charge in [0.15, 0.2) is 0 Å². The molecule has 15 heavy (non-hydrogen) atoms. The normalized spacial score (nSPS) is 11.5. The largest absolute Gasteiger partial charge is 0.480 e. The van der Waals surface area contributed by atoms with Gasteiger partial charge in [0.25, 0.3) is 0 Å². The first-order valence-electron chi connectivity index (χ1n) is 5.30. The number of hydrogen-bond donors (Lipinski definition) is 2. The number of carboxylic acid groups (broad SMARTS) is 1. The summed E-state index contributed by atoms with van der Waals surface area (Å²) in [7, 11) is 0. The van der Waals surface area contributed by atoms with E-state index in [1.807, 2.05) is 0 Å². The van der Waals surface area contributed by atoms with E-state index in [0.717, 1.165) is 12.8 Å². The Kier molecular flexibility index (Phi) is 5.33. The molecule has 0 atom stereocenters. The zero-order valence-corrected chi connectivity index (χ0v) is 9.96. The molecule has 0 fully saturated rings. The van der Waals surface area contributed by atoms with Gasteiger partial charge in [-0.2, -0.15) is 0 Å². The maximum atomic E-state index is 11.5. The third-order valence-electron chi connectivity index (χ3n) is 2.35. The smallest absolute Gasteiger partial charge is 0.318 e. The fraction of sp³-hybridized carbons (Fsp3) is 0.818. The van der Waals surface area contributed by atoms with E-state index >= 15 is 0 Å². The average molecular weight is 215 g/mol. The van der Waals surface area contributed by atoms with E-state index in [-0.39, 0.29) is 0 Å². The second-order valence-corrected chi connectivity index (χ2v) is 4.72. The van der Waals surface area contributed by atoms with Crippen LogP contribution in [0.1, 0.15) is 40.5 Å². The predicted octanol–water partition coefficient (Wildman–Crippen LogP) is 1.65. The molecule has 88 valence electrons. The second-order valence-electron chi connectivity index (χ2n) is 4.72. The van der Waals surface area contributed by atoms with Gasteiger partial charge in [0.1, 0.15) is 5.41 Å². The quantitative estimate of drug-likeness (QED) is 0.523. The summed E-state index contributed by atoms with van der Waals surface area (Å²) >= 11 is 0. The number of carbonyl (C=O) groups is 2. The van der Waals surface area contributed by atoms with Crippen molar-refractivity contribution < 1.29 is 14.7 Å². The van der Waals surface area contributed by atoms with Gasteiger partial charge in [0.05, 0.1) is 0 Å². The number of hydrogen-bond acceptors (Lipinski definition) is 2. The first kappa shape index (κ1) is 13.9. The summed E-state index contributed by atoms with van der Waals surface area (Å²) in [6.45, 7) is 7.60. The Bertz CT molecular complexity index is 234. The van der Waals surface area contributed by atoms with Crippen LogP contribution in [0, 0.1) is 11.3 Å². The monoisotopic (exact) mass is 215 g/mol. The average Bonchev–Trinajstić information content (AvgIpc) is 2.11. The summed E-state index contributed by atoms with van der Waals surface area (Å²) < 4.78 is 0. The van der Waals surface area contributed by atoms with Crippen LogP contribution in [0.5, 0.6) is 0 Å². The minimum absolute atomic E-state index is 0.418. The summed E-state index contributed by atoms with van der Waals surface area (Å²) in [6, 6.07) is 0. The van der Waals surface area contributed by atoms with Crippen LogP contribution in [0.15, 0.2) is 0 Å². The highest BCUT2D eigenvalue weighted by Crippen LogP contribution is 2.15. The zero-order valence-electron chi connectivity index (χ0n) is 9.96. The van der Waals surface area contributed by atoms with Crippen LogP contribution in [-0.2, 0) is 9.59 Å². The first-order valence-corrected chi connectivity index (χ1v) is 5.30. The topological polar surface area (TPSA) is 66.4 Å². The molecule has 0 saturated heterocycles. The molecular weight excluding hydrogens is 194 g/mol. The lowest BCUT2D eigenvalue weighted by atomic mass is 9.92. The van der Waals surface area contributed by atoms with Gasteiger partial charge in [-0.3, -0.25) is 9.59 Å². The molecule has 0 rings (SSSR count). The minimum atomic E-state index is -1.34. The summed E-state index contributed by atoms with van der Waals surface area (Å²) in [6.07, 6.45) is 1.92. The lowest BCUT2D eigenvalue weighted by Gasteiger charge is -2.18. The molecule has 0 aliphatic carbocycles. The van der Waals surface area contributed by atoms with Crippen molar-refractivity contribution in [1.82, 2.24) is 5.32 Å². The second kappa shape index (κ2) is 5.73. The number of rotatable bonds is 6. The summed E-state index contributed by atoms with van der Waals surface area (Å²) in [5, 5.41) is 11.4. The highest BCUT2D eigenvalue weighted by Gasteiger charge is 2.35. The molecule has 0 unspecified atom stereocenters. The standard InChI is InChI=1S/C11H21NO3/c1-8(2)6-5-7-12-9(13)11(3,4)10(14)15/h8H,5-7H2,1-4H3,(H,12,13)(H,14,15). The SMILES string of the molecule is CC(C)CCCNC(=O)C(C)(C)C(=O)O. The Balaban J connectivity index is 3.89. The van der Waals surface area contributed by atoms with E-state index in [2.05, 4.69) is 19.2 Å². The molecule has 1 amide bonds. The molecule has 0 aliphatic heterocycles. The van der Waals surface area contributed by atoms with Gasteiger partial charge in [0.2, 0.25) is 5.91 Å². The van der Waals surface area contributed by atoms with Crippen LogP contribution in [0.3, 0.4) is 0 Å². The highest BCUT2D eigenvalue weighted by atomic mass is 16.4. The Labute approximate surface area is 91.1 Å². The number of amides is 1. The molecule has 0 spiro atoms. The van der Waals surface area contributed by atoms with Gasteiger partial charge in [-0.05, 0) is 32.6 Å². The van der Waals surface area contributed by atoms with E-state index in [1.54, 1.807) is 0 Å². The molecule has 0 aliphatic rings. The number of carboxylic acids is 1. The minimum Gasteiger partial charge on any atom is -0.480 e. The molecule has 0 heterocycles. The van der Waals surface area contributed by atoms with Gasteiger partial charge in [-0.15, -0.1) is 0 Å². The van der Waals surface area contributed by atoms with E-state index in [4.69, 9.17) is 5.11 Å². The van der Waals surface area contributed by atoms with Crippen LogP contribution >= 0.6 is 0 Å². The van der Waals surface area contributed by atoms with Crippen LogP contribution in [0.4, 0.5) is 0 Å². The third kappa shape index (κ3) is 4.81. The van der Waals surface area contributed by atoms with Crippen LogP contribution in [0.25, 0.3) is 0 Å². The maximum Gasteiger partial charge on any atom is 0.318 e. The third-order valence-corrected chi connectivity index (χ3v) is 2.35. The van der Waals surface area contributed by atoms with Crippen LogP contribution in [-0.4, -0.2) is 23.5 Å². The van der Waals surface area contributed by atoms with E-state index < -0.39 is 17.3 Å². The molecular formula is C11H21NO3. The van der Waals surface area contributed by atoms with Gasteiger partial charge in [-0.25, -0.2) is 0 Å². The molecule has 0 radical (unpaired) electrons. The van der Waals surface area contributed by atoms with Crippen LogP contribution in [0.2, 0.25) is 0 Å². The van der Waals surface area contributed by atoms with Crippen molar-refractivity contribution in [3.63, 3.8) is 0 Å². The first-order chi connectivity index (χ1) is 6.78. The fourth-order valence-electron chi connectivity index (χ4n) is 1.03. The highest BCUT2D eigenvalue weighted by molar-refractivity contribution is 6.00. The molecule has 4 heteroatoms. The summed E-state index contributed by atoms with van der Waals surface area (Å²) in [4.78, 5) is 22.2. The lowest BCUT2D eigenvalue weighted by Crippen LogP contribution is -2.42. The summed E-state index contributed by atoms with van der Waals surface area (Å²) in [5.41, 5.74) is -1.34. The molecule has 0 aromatic rings. The Morgan fingerprint density at radius 2 is 1.87 bits per heavy atom. The van der Waals surface area contributed by atoms with Gasteiger partial charge >= 0.3 is 5.97 Å². The van der Waals surface area contributed by atoms with Crippen molar-refractivity contribution in [3.05, 3.63) is 0 Å². The van der Waals surface area contributed by atoms with Crippen molar-refractivity contribution in [3.8, 4) is 0 Å². The number of nitrogens with one attached hydrogen (secondary N) is 1. The van der Waals surface area contributed by atoms with E-state index in [1.165, 1.54) is 13.8 Å². The van der Waals surface area contributed by atoms with E-state index in [0.29, 0.717) is 12.5 Å². The maximum absolute atomic E-state index is 11.5. The molecule has 0 saturated carbocycles. The molecule has 4 nitrogen and oxygen atoms in total. The Morgan fingerprint density at radius 3 is 2.27 bits per heavy atom. The molecule has 0 aromatic heterocycles. The van der Waals surface area contributed by atoms with Crippen molar-refractivity contribution in [1.29, 1.82) is 0 Å². The summed E-state index contributed by atoms with van der Waals surface area (Å²) in [5.74, 6) is -0.906. The predicted molar refractivity (Wildman–Crippen MR) is 58.5 cm³/mol. The Morgan fingerprint density at radius 1 is 1.33 bits per heavy atom. The van der Waals surface area contributed by atoms with Gasteiger partial charge in [0, 0.05) is 6.54 Å². The van der Waals surface area contributed by atoms with Crippen LogP contribution < -0.4 is 5.32 Å².